The summed E-state index contributed by atoms with van der Waals surface area (Å²) >= 11 is 0. The molecular formula is C31H24. The van der Waals surface area contributed by atoms with E-state index in [0.717, 1.165) is 0 Å². The molecule has 0 amide bonds. The average molecular weight is 397 g/mol. The summed E-state index contributed by atoms with van der Waals surface area (Å²) in [7, 11) is 0. The largest absolute Gasteiger partial charge is 0.0622 e. The minimum Gasteiger partial charge on any atom is -0.0622 e. The van der Waals surface area contributed by atoms with Gasteiger partial charge in [-0.3, -0.25) is 0 Å². The number of hydrogen-bond acceptors (Lipinski definition) is 0. The van der Waals surface area contributed by atoms with Crippen LogP contribution in [0.15, 0.2) is 127 Å². The van der Waals surface area contributed by atoms with Crippen LogP contribution in [0.3, 0.4) is 0 Å². The lowest BCUT2D eigenvalue weighted by Gasteiger charge is -2.13. The van der Waals surface area contributed by atoms with E-state index >= 15 is 0 Å². The maximum atomic E-state index is 2.23. The van der Waals surface area contributed by atoms with Crippen LogP contribution in [-0.4, -0.2) is 0 Å². The lowest BCUT2D eigenvalue weighted by molar-refractivity contribution is 1.44. The van der Waals surface area contributed by atoms with Gasteiger partial charge in [-0.1, -0.05) is 127 Å². The molecular weight excluding hydrogens is 372 g/mol. The molecule has 0 aliphatic carbocycles. The number of benzene rings is 5. The summed E-state index contributed by atoms with van der Waals surface area (Å²) in [6.45, 7) is 2.22. The maximum absolute atomic E-state index is 2.23. The Balaban J connectivity index is 1.47. The third-order valence-corrected chi connectivity index (χ3v) is 5.94. The van der Waals surface area contributed by atoms with Crippen LogP contribution in [0, 0.1) is 6.92 Å². The van der Waals surface area contributed by atoms with Gasteiger partial charge in [0.25, 0.3) is 0 Å². The van der Waals surface area contributed by atoms with E-state index in [4.69, 9.17) is 0 Å². The molecule has 0 spiro atoms. The molecule has 0 unspecified atom stereocenters. The number of rotatable bonds is 4. The zero-order chi connectivity index (χ0) is 21.0. The smallest absolute Gasteiger partial charge is 0.0149 e. The van der Waals surface area contributed by atoms with Gasteiger partial charge in [0.2, 0.25) is 0 Å². The number of hydrogen-bond donors (Lipinski definition) is 0. The lowest BCUT2D eigenvalue weighted by atomic mass is 9.91. The van der Waals surface area contributed by atoms with Gasteiger partial charge in [0.1, 0.15) is 0 Å². The van der Waals surface area contributed by atoms with Gasteiger partial charge in [-0.15, -0.1) is 0 Å². The second kappa shape index (κ2) is 8.45. The van der Waals surface area contributed by atoms with Gasteiger partial charge in [0, 0.05) is 0 Å². The highest BCUT2D eigenvalue weighted by molar-refractivity contribution is 5.80. The Bertz CT molecular complexity index is 1180. The zero-order valence-electron chi connectivity index (χ0n) is 17.6. The van der Waals surface area contributed by atoms with Crippen molar-refractivity contribution in [3.63, 3.8) is 0 Å². The van der Waals surface area contributed by atoms with Gasteiger partial charge in [0.05, 0.1) is 0 Å². The Morgan fingerprint density at radius 2 is 0.613 bits per heavy atom. The second-order valence-electron chi connectivity index (χ2n) is 7.86. The molecule has 0 aliphatic heterocycles. The van der Waals surface area contributed by atoms with Gasteiger partial charge < -0.3 is 0 Å². The highest BCUT2D eigenvalue weighted by Crippen LogP contribution is 2.33. The first-order valence-electron chi connectivity index (χ1n) is 10.7. The van der Waals surface area contributed by atoms with Gasteiger partial charge in [-0.05, 0) is 57.0 Å². The molecule has 5 rings (SSSR count). The van der Waals surface area contributed by atoms with E-state index < -0.39 is 0 Å². The summed E-state index contributed by atoms with van der Waals surface area (Å²) in [5.41, 5.74) is 11.4. The highest BCUT2D eigenvalue weighted by atomic mass is 14.1. The van der Waals surface area contributed by atoms with Crippen LogP contribution < -0.4 is 0 Å². The van der Waals surface area contributed by atoms with E-state index in [2.05, 4.69) is 134 Å². The Morgan fingerprint density at radius 3 is 1.00 bits per heavy atom. The molecule has 5 aromatic carbocycles. The third kappa shape index (κ3) is 3.93. The molecule has 5 aromatic rings. The Labute approximate surface area is 184 Å². The van der Waals surface area contributed by atoms with Gasteiger partial charge in [-0.25, -0.2) is 0 Å². The summed E-state index contributed by atoms with van der Waals surface area (Å²) in [6.07, 6.45) is 0. The van der Waals surface area contributed by atoms with Crippen molar-refractivity contribution in [2.24, 2.45) is 0 Å². The molecule has 31 heavy (non-hydrogen) atoms. The van der Waals surface area contributed by atoms with Crippen molar-refractivity contribution in [3.05, 3.63) is 133 Å². The standard InChI is InChI=1S/C31H24/c1-23-30(28-19-15-26(16-20-28)24-9-4-2-5-10-24)13-8-14-31(23)29-21-17-27(18-22-29)25-11-6-3-7-12-25/h2-22H,1H3. The first-order chi connectivity index (χ1) is 15.3. The van der Waals surface area contributed by atoms with Crippen molar-refractivity contribution >= 4 is 0 Å². The first-order valence-corrected chi connectivity index (χ1v) is 10.7. The molecule has 0 fully saturated rings. The van der Waals surface area contributed by atoms with E-state index in [1.807, 2.05) is 0 Å². The Hall–Kier alpha value is -3.90. The molecule has 0 saturated carbocycles. The maximum Gasteiger partial charge on any atom is -0.0149 e. The molecule has 0 heterocycles. The zero-order valence-corrected chi connectivity index (χ0v) is 17.6. The monoisotopic (exact) mass is 396 g/mol. The van der Waals surface area contributed by atoms with E-state index in [-0.39, 0.29) is 0 Å². The highest BCUT2D eigenvalue weighted by Gasteiger charge is 2.09. The van der Waals surface area contributed by atoms with Crippen molar-refractivity contribution < 1.29 is 0 Å². The summed E-state index contributed by atoms with van der Waals surface area (Å²) in [6, 6.07) is 45.4. The Morgan fingerprint density at radius 1 is 0.290 bits per heavy atom. The van der Waals surface area contributed by atoms with Crippen LogP contribution in [0.1, 0.15) is 5.56 Å². The SMILES string of the molecule is Cc1c(-c2ccc(-c3ccccc3)cc2)cccc1-c1ccc(-c2ccccc2)cc1. The predicted octanol–water partition coefficient (Wildman–Crippen LogP) is 8.66. The molecule has 148 valence electrons. The van der Waals surface area contributed by atoms with Crippen LogP contribution in [-0.2, 0) is 0 Å². The molecule has 0 nitrogen and oxygen atoms in total. The average Bonchev–Trinajstić information content (AvgIpc) is 2.86. The van der Waals surface area contributed by atoms with Crippen LogP contribution in [0.25, 0.3) is 44.5 Å². The van der Waals surface area contributed by atoms with Gasteiger partial charge in [0.15, 0.2) is 0 Å². The molecule has 0 N–H and O–H groups in total. The van der Waals surface area contributed by atoms with E-state index in [9.17, 15) is 0 Å². The van der Waals surface area contributed by atoms with Crippen LogP contribution in [0.5, 0.6) is 0 Å². The van der Waals surface area contributed by atoms with Crippen molar-refractivity contribution in [3.8, 4) is 44.5 Å². The summed E-state index contributed by atoms with van der Waals surface area (Å²) in [5.74, 6) is 0. The van der Waals surface area contributed by atoms with Gasteiger partial charge in [-0.2, -0.15) is 0 Å². The fourth-order valence-electron chi connectivity index (χ4n) is 4.21. The van der Waals surface area contributed by atoms with Crippen molar-refractivity contribution in [1.29, 1.82) is 0 Å². The van der Waals surface area contributed by atoms with Crippen LogP contribution >= 0.6 is 0 Å². The second-order valence-corrected chi connectivity index (χ2v) is 7.86. The third-order valence-electron chi connectivity index (χ3n) is 5.94. The lowest BCUT2D eigenvalue weighted by Crippen LogP contribution is -1.89. The van der Waals surface area contributed by atoms with Crippen molar-refractivity contribution in [1.82, 2.24) is 0 Å². The molecule has 0 bridgehead atoms. The van der Waals surface area contributed by atoms with Crippen molar-refractivity contribution in [2.75, 3.05) is 0 Å². The summed E-state index contributed by atoms with van der Waals surface area (Å²) < 4.78 is 0. The molecule has 0 saturated heterocycles. The summed E-state index contributed by atoms with van der Waals surface area (Å²) in [5, 5.41) is 0. The Kier molecular flexibility index (Phi) is 5.21. The molecule has 0 atom stereocenters. The predicted molar refractivity (Wildman–Crippen MR) is 133 cm³/mol. The molecule has 0 heteroatoms. The molecule has 0 aromatic heterocycles. The normalized spacial score (nSPS) is 10.7. The van der Waals surface area contributed by atoms with E-state index in [1.165, 1.54) is 50.1 Å². The molecule has 0 aliphatic rings. The van der Waals surface area contributed by atoms with Gasteiger partial charge >= 0.3 is 0 Å². The van der Waals surface area contributed by atoms with E-state index in [0.29, 0.717) is 0 Å². The minimum atomic E-state index is 1.25. The fourth-order valence-corrected chi connectivity index (χ4v) is 4.21. The van der Waals surface area contributed by atoms with Crippen LogP contribution in [0.4, 0.5) is 0 Å². The van der Waals surface area contributed by atoms with Crippen molar-refractivity contribution in [2.45, 2.75) is 6.92 Å². The van der Waals surface area contributed by atoms with Crippen LogP contribution in [0.2, 0.25) is 0 Å². The minimum absolute atomic E-state index is 1.25. The molecule has 0 radical (unpaired) electrons. The van der Waals surface area contributed by atoms with E-state index in [1.54, 1.807) is 0 Å². The quantitative estimate of drug-likeness (QED) is 0.285. The topological polar surface area (TPSA) is 0 Å². The first kappa shape index (κ1) is 19.1. The summed E-state index contributed by atoms with van der Waals surface area (Å²) in [4.78, 5) is 0. The fraction of sp³-hybridized carbons (Fsp3) is 0.0323.